The Morgan fingerprint density at radius 1 is 1.18 bits per heavy atom. The van der Waals surface area contributed by atoms with Gasteiger partial charge in [0, 0.05) is 22.0 Å². The van der Waals surface area contributed by atoms with E-state index in [9.17, 15) is 14.9 Å². The summed E-state index contributed by atoms with van der Waals surface area (Å²) in [5, 5.41) is 13.2. The van der Waals surface area contributed by atoms with Gasteiger partial charge >= 0.3 is 5.97 Å². The topological polar surface area (TPSA) is 93.4 Å². The standard InChI is InChI=1S/C26H27N3O4S/c1-7-33-22-10-8-21(9-11-22)28-24(30)20(14-27)13-19-12-15(2)29(17(19)4)25-23(26(31)32-6)16(3)18(5)34-25/h8-13H,7H2,1-6H3,(H,28,30)/b20-13+. The van der Waals surface area contributed by atoms with Crippen molar-refractivity contribution in [2.24, 2.45) is 0 Å². The number of ether oxygens (including phenoxy) is 2. The number of thiophene rings is 1. The molecular formula is C26H27N3O4S. The van der Waals surface area contributed by atoms with Gasteiger partial charge in [-0.2, -0.15) is 5.26 Å². The number of rotatable bonds is 7. The van der Waals surface area contributed by atoms with Gasteiger partial charge in [-0.05, 0) is 82.2 Å². The van der Waals surface area contributed by atoms with Crippen LogP contribution in [0.25, 0.3) is 11.1 Å². The molecule has 3 rings (SSSR count). The maximum absolute atomic E-state index is 12.8. The van der Waals surface area contributed by atoms with Crippen LogP contribution in [0.5, 0.6) is 5.75 Å². The number of hydrogen-bond acceptors (Lipinski definition) is 6. The maximum atomic E-state index is 12.8. The Morgan fingerprint density at radius 2 is 1.85 bits per heavy atom. The molecule has 7 nitrogen and oxygen atoms in total. The molecule has 0 aliphatic rings. The fourth-order valence-corrected chi connectivity index (χ4v) is 4.91. The van der Waals surface area contributed by atoms with Gasteiger partial charge < -0.3 is 19.4 Å². The molecule has 0 saturated carbocycles. The van der Waals surface area contributed by atoms with Gasteiger partial charge in [0.25, 0.3) is 5.91 Å². The van der Waals surface area contributed by atoms with Crippen LogP contribution >= 0.6 is 11.3 Å². The Bertz CT molecular complexity index is 1310. The van der Waals surface area contributed by atoms with Gasteiger partial charge in [0.2, 0.25) is 0 Å². The van der Waals surface area contributed by atoms with Crippen molar-refractivity contribution < 1.29 is 19.1 Å². The van der Waals surface area contributed by atoms with Crippen molar-refractivity contribution in [3.63, 3.8) is 0 Å². The van der Waals surface area contributed by atoms with E-state index in [-0.39, 0.29) is 5.57 Å². The van der Waals surface area contributed by atoms with Crippen LogP contribution in [-0.4, -0.2) is 30.2 Å². The van der Waals surface area contributed by atoms with E-state index >= 15 is 0 Å². The Kier molecular flexibility index (Phi) is 7.59. The van der Waals surface area contributed by atoms with Crippen LogP contribution < -0.4 is 10.1 Å². The number of benzene rings is 1. The minimum absolute atomic E-state index is 0.0270. The Labute approximate surface area is 203 Å². The van der Waals surface area contributed by atoms with Crippen molar-refractivity contribution in [1.82, 2.24) is 4.57 Å². The molecule has 176 valence electrons. The first-order chi connectivity index (χ1) is 16.2. The lowest BCUT2D eigenvalue weighted by Gasteiger charge is -2.10. The molecule has 1 N–H and O–H groups in total. The minimum Gasteiger partial charge on any atom is -0.494 e. The average Bonchev–Trinajstić information content (AvgIpc) is 3.26. The molecule has 3 aromatic rings. The Balaban J connectivity index is 1.95. The monoisotopic (exact) mass is 477 g/mol. The lowest BCUT2D eigenvalue weighted by molar-refractivity contribution is -0.112. The molecule has 0 aliphatic carbocycles. The zero-order valence-corrected chi connectivity index (χ0v) is 20.9. The molecule has 34 heavy (non-hydrogen) atoms. The lowest BCUT2D eigenvalue weighted by atomic mass is 10.1. The number of esters is 1. The van der Waals surface area contributed by atoms with Crippen molar-refractivity contribution in [3.8, 4) is 16.8 Å². The molecule has 2 aromatic heterocycles. The van der Waals surface area contributed by atoms with E-state index in [0.717, 1.165) is 32.4 Å². The van der Waals surface area contributed by atoms with E-state index in [1.807, 2.05) is 51.3 Å². The number of aromatic nitrogens is 1. The fraction of sp³-hybridized carbons (Fsp3) is 0.269. The molecular weight excluding hydrogens is 450 g/mol. The van der Waals surface area contributed by atoms with Gasteiger partial charge in [-0.3, -0.25) is 4.79 Å². The van der Waals surface area contributed by atoms with Gasteiger partial charge in [0.05, 0.1) is 19.3 Å². The van der Waals surface area contributed by atoms with Gasteiger partial charge in [-0.15, -0.1) is 11.3 Å². The highest BCUT2D eigenvalue weighted by molar-refractivity contribution is 7.15. The number of methoxy groups -OCH3 is 1. The molecule has 0 spiro atoms. The molecule has 0 atom stereocenters. The summed E-state index contributed by atoms with van der Waals surface area (Å²) >= 11 is 1.50. The lowest BCUT2D eigenvalue weighted by Crippen LogP contribution is -2.13. The predicted molar refractivity (Wildman–Crippen MR) is 134 cm³/mol. The number of amides is 1. The van der Waals surface area contributed by atoms with Crippen molar-refractivity contribution in [3.05, 3.63) is 68.9 Å². The number of carbonyl (C=O) groups excluding carboxylic acids is 2. The first kappa shape index (κ1) is 24.8. The molecule has 0 bridgehead atoms. The molecule has 1 aromatic carbocycles. The summed E-state index contributed by atoms with van der Waals surface area (Å²) in [5.74, 6) is -0.197. The molecule has 0 aliphatic heterocycles. The summed E-state index contributed by atoms with van der Waals surface area (Å²) < 4.78 is 12.4. The number of nitriles is 1. The van der Waals surface area contributed by atoms with Crippen LogP contribution in [0.15, 0.2) is 35.9 Å². The van der Waals surface area contributed by atoms with Crippen LogP contribution in [0.2, 0.25) is 0 Å². The number of carbonyl (C=O) groups is 2. The molecule has 1 amide bonds. The molecule has 0 fully saturated rings. The highest BCUT2D eigenvalue weighted by Crippen LogP contribution is 2.35. The fourth-order valence-electron chi connectivity index (χ4n) is 3.66. The van der Waals surface area contributed by atoms with Crippen LogP contribution in [0.1, 0.15) is 44.7 Å². The van der Waals surface area contributed by atoms with Gasteiger partial charge in [-0.1, -0.05) is 0 Å². The highest BCUT2D eigenvalue weighted by Gasteiger charge is 2.24. The van der Waals surface area contributed by atoms with E-state index in [1.165, 1.54) is 18.4 Å². The third kappa shape index (κ3) is 4.90. The molecule has 0 saturated heterocycles. The van der Waals surface area contributed by atoms with Crippen LogP contribution in [-0.2, 0) is 9.53 Å². The summed E-state index contributed by atoms with van der Waals surface area (Å²) in [6, 6.07) is 10.8. The molecule has 0 radical (unpaired) electrons. The zero-order chi connectivity index (χ0) is 25.0. The van der Waals surface area contributed by atoms with E-state index in [2.05, 4.69) is 5.32 Å². The van der Waals surface area contributed by atoms with Crippen molar-refractivity contribution in [1.29, 1.82) is 5.26 Å². The number of anilines is 1. The largest absolute Gasteiger partial charge is 0.494 e. The third-order valence-electron chi connectivity index (χ3n) is 5.52. The summed E-state index contributed by atoms with van der Waals surface area (Å²) in [4.78, 5) is 26.3. The number of aryl methyl sites for hydroxylation is 2. The molecule has 8 heteroatoms. The van der Waals surface area contributed by atoms with E-state index in [4.69, 9.17) is 9.47 Å². The van der Waals surface area contributed by atoms with E-state index < -0.39 is 11.9 Å². The maximum Gasteiger partial charge on any atom is 0.341 e. The molecule has 2 heterocycles. The van der Waals surface area contributed by atoms with Gasteiger partial charge in [0.15, 0.2) is 0 Å². The first-order valence-electron chi connectivity index (χ1n) is 10.7. The van der Waals surface area contributed by atoms with Gasteiger partial charge in [-0.25, -0.2) is 4.79 Å². The zero-order valence-electron chi connectivity index (χ0n) is 20.1. The quantitative estimate of drug-likeness (QED) is 0.275. The predicted octanol–water partition coefficient (Wildman–Crippen LogP) is 5.50. The number of nitrogens with one attached hydrogen (secondary N) is 1. The number of nitrogens with zero attached hydrogens (tertiary/aromatic N) is 2. The summed E-state index contributed by atoms with van der Waals surface area (Å²) in [7, 11) is 1.37. The van der Waals surface area contributed by atoms with Crippen LogP contribution in [0.3, 0.4) is 0 Å². The van der Waals surface area contributed by atoms with Crippen molar-refractivity contribution >= 4 is 35.0 Å². The minimum atomic E-state index is -0.505. The second-order valence-corrected chi connectivity index (χ2v) is 8.90. The van der Waals surface area contributed by atoms with Crippen molar-refractivity contribution in [2.45, 2.75) is 34.6 Å². The van der Waals surface area contributed by atoms with Crippen LogP contribution in [0, 0.1) is 39.0 Å². The van der Waals surface area contributed by atoms with Crippen molar-refractivity contribution in [2.75, 3.05) is 19.0 Å². The normalized spacial score (nSPS) is 11.1. The SMILES string of the molecule is CCOc1ccc(NC(=O)/C(C#N)=C/c2cc(C)n(-c3sc(C)c(C)c3C(=O)OC)c2C)cc1. The second-order valence-electron chi connectivity index (χ2n) is 7.70. The molecule has 0 unspecified atom stereocenters. The summed E-state index contributed by atoms with van der Waals surface area (Å²) in [6.45, 7) is 10.1. The van der Waals surface area contributed by atoms with E-state index in [0.29, 0.717) is 23.6 Å². The van der Waals surface area contributed by atoms with E-state index in [1.54, 1.807) is 30.3 Å². The highest BCUT2D eigenvalue weighted by atomic mass is 32.1. The Hall–Kier alpha value is -3.83. The summed E-state index contributed by atoms with van der Waals surface area (Å²) in [5.41, 5.74) is 4.34. The van der Waals surface area contributed by atoms with Gasteiger partial charge in [0.1, 0.15) is 22.4 Å². The first-order valence-corrected chi connectivity index (χ1v) is 11.6. The Morgan fingerprint density at radius 3 is 2.44 bits per heavy atom. The second kappa shape index (κ2) is 10.4. The summed E-state index contributed by atoms with van der Waals surface area (Å²) in [6.07, 6.45) is 1.56. The number of hydrogen-bond donors (Lipinski definition) is 1. The van der Waals surface area contributed by atoms with Crippen LogP contribution in [0.4, 0.5) is 5.69 Å². The average molecular weight is 478 g/mol. The smallest absolute Gasteiger partial charge is 0.341 e. The third-order valence-corrected chi connectivity index (χ3v) is 6.71.